The minimum atomic E-state index is -1.16. The molecule has 1 unspecified atom stereocenters. The highest BCUT2D eigenvalue weighted by Gasteiger charge is 2.20. The molecule has 0 aromatic heterocycles. The number of nitrogens with one attached hydrogen (secondary N) is 2. The average Bonchev–Trinajstić information content (AvgIpc) is 2.64. The molecule has 0 bridgehead atoms. The largest absolute Gasteiger partial charge is 0.494 e. The molecule has 0 aliphatic heterocycles. The minimum Gasteiger partial charge on any atom is -0.494 e. The average molecular weight is 352 g/mol. The molecule has 1 rings (SSSR count). The van der Waals surface area contributed by atoms with Crippen LogP contribution in [0.15, 0.2) is 24.3 Å². The molecule has 3 N–H and O–H groups in total. The molecular weight excluding hydrogens is 328 g/mol. The van der Waals surface area contributed by atoms with Crippen LogP contribution in [-0.2, 0) is 14.3 Å². The van der Waals surface area contributed by atoms with Gasteiger partial charge in [-0.15, -0.1) is 0 Å². The van der Waals surface area contributed by atoms with E-state index in [1.54, 1.807) is 24.3 Å². The topological polar surface area (TPSA) is 114 Å². The number of aliphatic hydroxyl groups is 1. The normalized spacial score (nSPS) is 11.3. The minimum absolute atomic E-state index is 0.332. The number of hydrogen-bond donors (Lipinski definition) is 3. The van der Waals surface area contributed by atoms with E-state index in [1.807, 2.05) is 0 Å². The maximum atomic E-state index is 12.0. The summed E-state index contributed by atoms with van der Waals surface area (Å²) in [6, 6.07) is 5.40. The standard InChI is InChI=1S/C17H24N2O6/c1-3-4-9-25-13-7-5-12(6-8-13)16(22)18-10-15(21)19-14(11-20)17(23)24-2/h5-8,14,20H,3-4,9-11H2,1-2H3,(H,18,22)(H,19,21). The zero-order valence-electron chi connectivity index (χ0n) is 14.4. The van der Waals surface area contributed by atoms with E-state index < -0.39 is 30.4 Å². The Kier molecular flexibility index (Phi) is 9.02. The third-order valence-electron chi connectivity index (χ3n) is 3.30. The van der Waals surface area contributed by atoms with Crippen molar-refractivity contribution in [3.63, 3.8) is 0 Å². The van der Waals surface area contributed by atoms with Gasteiger partial charge in [0.15, 0.2) is 6.04 Å². The van der Waals surface area contributed by atoms with Gasteiger partial charge in [-0.1, -0.05) is 13.3 Å². The molecule has 1 aromatic rings. The Bertz CT molecular complexity index is 573. The molecule has 138 valence electrons. The molecule has 2 amide bonds. The third kappa shape index (κ3) is 7.21. The van der Waals surface area contributed by atoms with E-state index in [-0.39, 0.29) is 6.54 Å². The predicted molar refractivity (Wildman–Crippen MR) is 90.2 cm³/mol. The van der Waals surface area contributed by atoms with Crippen molar-refractivity contribution in [2.24, 2.45) is 0 Å². The number of hydrogen-bond acceptors (Lipinski definition) is 6. The number of esters is 1. The first kappa shape index (κ1) is 20.4. The van der Waals surface area contributed by atoms with Crippen molar-refractivity contribution in [3.05, 3.63) is 29.8 Å². The second-order valence-electron chi connectivity index (χ2n) is 5.23. The zero-order chi connectivity index (χ0) is 18.7. The highest BCUT2D eigenvalue weighted by molar-refractivity contribution is 5.97. The summed E-state index contributed by atoms with van der Waals surface area (Å²) in [6.45, 7) is 1.77. The first-order chi connectivity index (χ1) is 12.0. The maximum absolute atomic E-state index is 12.0. The van der Waals surface area contributed by atoms with Crippen LogP contribution < -0.4 is 15.4 Å². The Balaban J connectivity index is 2.45. The van der Waals surface area contributed by atoms with Gasteiger partial charge >= 0.3 is 5.97 Å². The van der Waals surface area contributed by atoms with Crippen LogP contribution in [0.3, 0.4) is 0 Å². The summed E-state index contributed by atoms with van der Waals surface area (Å²) in [6.07, 6.45) is 1.99. The van der Waals surface area contributed by atoms with Crippen LogP contribution >= 0.6 is 0 Å². The predicted octanol–water partition coefficient (Wildman–Crippen LogP) is 0.245. The molecule has 0 aliphatic carbocycles. The van der Waals surface area contributed by atoms with Crippen molar-refractivity contribution in [2.45, 2.75) is 25.8 Å². The lowest BCUT2D eigenvalue weighted by Gasteiger charge is -2.14. The Morgan fingerprint density at radius 2 is 1.88 bits per heavy atom. The molecule has 1 atom stereocenters. The fourth-order valence-electron chi connectivity index (χ4n) is 1.87. The van der Waals surface area contributed by atoms with Gasteiger partial charge in [0, 0.05) is 5.56 Å². The Labute approximate surface area is 146 Å². The van der Waals surface area contributed by atoms with E-state index >= 15 is 0 Å². The number of rotatable bonds is 10. The van der Waals surface area contributed by atoms with Crippen molar-refractivity contribution < 1.29 is 29.0 Å². The van der Waals surface area contributed by atoms with Gasteiger partial charge in [0.2, 0.25) is 5.91 Å². The van der Waals surface area contributed by atoms with E-state index in [1.165, 1.54) is 0 Å². The molecule has 0 saturated carbocycles. The zero-order valence-corrected chi connectivity index (χ0v) is 14.4. The highest BCUT2D eigenvalue weighted by Crippen LogP contribution is 2.12. The second kappa shape index (κ2) is 11.0. The summed E-state index contributed by atoms with van der Waals surface area (Å²) < 4.78 is 9.94. The molecule has 25 heavy (non-hydrogen) atoms. The number of benzene rings is 1. The SMILES string of the molecule is CCCCOc1ccc(C(=O)NCC(=O)NC(CO)C(=O)OC)cc1. The number of aliphatic hydroxyl groups excluding tert-OH is 1. The van der Waals surface area contributed by atoms with Gasteiger partial charge in [0.25, 0.3) is 5.91 Å². The Morgan fingerprint density at radius 3 is 2.44 bits per heavy atom. The van der Waals surface area contributed by atoms with Crippen LogP contribution in [0.25, 0.3) is 0 Å². The van der Waals surface area contributed by atoms with Gasteiger partial charge in [-0.05, 0) is 30.7 Å². The van der Waals surface area contributed by atoms with Gasteiger partial charge in [-0.25, -0.2) is 4.79 Å². The van der Waals surface area contributed by atoms with Gasteiger partial charge in [0.05, 0.1) is 26.9 Å². The lowest BCUT2D eigenvalue weighted by molar-refractivity contribution is -0.146. The van der Waals surface area contributed by atoms with Crippen LogP contribution in [0.2, 0.25) is 0 Å². The fraction of sp³-hybridized carbons (Fsp3) is 0.471. The Hall–Kier alpha value is -2.61. The first-order valence-electron chi connectivity index (χ1n) is 8.00. The molecule has 0 spiro atoms. The van der Waals surface area contributed by atoms with E-state index in [0.717, 1.165) is 20.0 Å². The lowest BCUT2D eigenvalue weighted by Crippen LogP contribution is -2.47. The summed E-state index contributed by atoms with van der Waals surface area (Å²) in [5.41, 5.74) is 0.377. The number of methoxy groups -OCH3 is 1. The van der Waals surface area contributed by atoms with Crippen LogP contribution in [0.1, 0.15) is 30.1 Å². The summed E-state index contributed by atoms with van der Waals surface area (Å²) in [7, 11) is 1.15. The van der Waals surface area contributed by atoms with E-state index in [4.69, 9.17) is 9.84 Å². The number of ether oxygens (including phenoxy) is 2. The van der Waals surface area contributed by atoms with Crippen LogP contribution in [0.4, 0.5) is 0 Å². The number of unbranched alkanes of at least 4 members (excludes halogenated alkanes) is 1. The quantitative estimate of drug-likeness (QED) is 0.411. The highest BCUT2D eigenvalue weighted by atomic mass is 16.5. The number of carbonyl (C=O) groups excluding carboxylic acids is 3. The van der Waals surface area contributed by atoms with Crippen molar-refractivity contribution in [3.8, 4) is 5.75 Å². The second-order valence-corrected chi connectivity index (χ2v) is 5.23. The monoisotopic (exact) mass is 352 g/mol. The van der Waals surface area contributed by atoms with Gasteiger partial charge in [0.1, 0.15) is 5.75 Å². The van der Waals surface area contributed by atoms with Crippen LogP contribution in [0.5, 0.6) is 5.75 Å². The van der Waals surface area contributed by atoms with Crippen molar-refractivity contribution >= 4 is 17.8 Å². The first-order valence-corrected chi connectivity index (χ1v) is 8.00. The molecule has 0 saturated heterocycles. The molecule has 0 radical (unpaired) electrons. The van der Waals surface area contributed by atoms with Gasteiger partial charge in [-0.2, -0.15) is 0 Å². The summed E-state index contributed by atoms with van der Waals surface area (Å²) in [5.74, 6) is -1.14. The van der Waals surface area contributed by atoms with Crippen LogP contribution in [-0.4, -0.2) is 55.8 Å². The molecule has 1 aromatic carbocycles. The lowest BCUT2D eigenvalue weighted by atomic mass is 10.2. The molecule has 0 heterocycles. The molecule has 8 heteroatoms. The van der Waals surface area contributed by atoms with E-state index in [9.17, 15) is 14.4 Å². The third-order valence-corrected chi connectivity index (χ3v) is 3.30. The van der Waals surface area contributed by atoms with Crippen molar-refractivity contribution in [2.75, 3.05) is 26.9 Å². The molecule has 0 fully saturated rings. The van der Waals surface area contributed by atoms with E-state index in [2.05, 4.69) is 22.3 Å². The summed E-state index contributed by atoms with van der Waals surface area (Å²) in [5, 5.41) is 13.7. The fourth-order valence-corrected chi connectivity index (χ4v) is 1.87. The van der Waals surface area contributed by atoms with E-state index in [0.29, 0.717) is 17.9 Å². The summed E-state index contributed by atoms with van der Waals surface area (Å²) >= 11 is 0. The number of amides is 2. The van der Waals surface area contributed by atoms with Crippen LogP contribution in [0, 0.1) is 0 Å². The molecular formula is C17H24N2O6. The maximum Gasteiger partial charge on any atom is 0.330 e. The molecule has 8 nitrogen and oxygen atoms in total. The van der Waals surface area contributed by atoms with Crippen molar-refractivity contribution in [1.29, 1.82) is 0 Å². The Morgan fingerprint density at radius 1 is 1.20 bits per heavy atom. The van der Waals surface area contributed by atoms with Crippen molar-refractivity contribution in [1.82, 2.24) is 10.6 Å². The van der Waals surface area contributed by atoms with Gasteiger partial charge < -0.3 is 25.2 Å². The molecule has 0 aliphatic rings. The van der Waals surface area contributed by atoms with Gasteiger partial charge in [-0.3, -0.25) is 9.59 Å². The number of carbonyl (C=O) groups is 3. The smallest absolute Gasteiger partial charge is 0.330 e. The summed E-state index contributed by atoms with van der Waals surface area (Å²) in [4.78, 5) is 35.0.